The fraction of sp³-hybridized carbons (Fsp3) is 0.500. The number of nitrogens with one attached hydrogen (secondary N) is 2. The van der Waals surface area contributed by atoms with E-state index in [-0.39, 0.29) is 0 Å². The predicted octanol–water partition coefficient (Wildman–Crippen LogP) is 2.84. The zero-order chi connectivity index (χ0) is 11.4. The van der Waals surface area contributed by atoms with Crippen molar-refractivity contribution in [3.8, 4) is 0 Å². The summed E-state index contributed by atoms with van der Waals surface area (Å²) < 4.78 is 0. The number of hydrogen-bond donors (Lipinski definition) is 2. The second-order valence-corrected chi connectivity index (χ2v) is 4.98. The number of hydrogen-bond acceptors (Lipinski definition) is 2. The average Bonchev–Trinajstić information content (AvgIpc) is 3.06. The van der Waals surface area contributed by atoms with E-state index in [1.807, 2.05) is 18.2 Å². The van der Waals surface area contributed by atoms with Crippen molar-refractivity contribution in [3.63, 3.8) is 0 Å². The fourth-order valence-electron chi connectivity index (χ4n) is 1.55. The van der Waals surface area contributed by atoms with Crippen LogP contribution in [0.25, 0.3) is 0 Å². The molecule has 0 atom stereocenters. The first kappa shape index (κ1) is 12.2. The molecule has 0 bridgehead atoms. The van der Waals surface area contributed by atoms with Gasteiger partial charge in [0.05, 0.1) is 0 Å². The molecule has 1 aliphatic carbocycles. The third-order valence-electron chi connectivity index (χ3n) is 2.64. The largest absolute Gasteiger partial charge is 0.313 e. The Bertz CT molecular complexity index is 351. The maximum absolute atomic E-state index is 6.06. The van der Waals surface area contributed by atoms with E-state index >= 15 is 0 Å². The van der Waals surface area contributed by atoms with Gasteiger partial charge < -0.3 is 10.6 Å². The highest BCUT2D eigenvalue weighted by atomic mass is 35.5. The molecule has 2 N–H and O–H groups in total. The van der Waals surface area contributed by atoms with E-state index in [4.69, 9.17) is 23.2 Å². The lowest BCUT2D eigenvalue weighted by atomic mass is 10.2. The predicted molar refractivity (Wildman–Crippen MR) is 69.2 cm³/mol. The van der Waals surface area contributed by atoms with Gasteiger partial charge in [0.2, 0.25) is 0 Å². The maximum atomic E-state index is 6.06. The van der Waals surface area contributed by atoms with Gasteiger partial charge in [-0.05, 0) is 36.6 Å². The van der Waals surface area contributed by atoms with Crippen LogP contribution in [0.4, 0.5) is 0 Å². The summed E-state index contributed by atoms with van der Waals surface area (Å²) in [5.41, 5.74) is 1.06. The molecule has 0 saturated heterocycles. The minimum absolute atomic E-state index is 0.734. The molecule has 1 aromatic carbocycles. The minimum atomic E-state index is 0.734. The molecule has 0 heterocycles. The van der Waals surface area contributed by atoms with Gasteiger partial charge in [0.15, 0.2) is 0 Å². The second-order valence-electron chi connectivity index (χ2n) is 4.14. The summed E-state index contributed by atoms with van der Waals surface area (Å²) in [6.07, 6.45) is 2.67. The van der Waals surface area contributed by atoms with Gasteiger partial charge in [-0.3, -0.25) is 0 Å². The Hall–Kier alpha value is -0.280. The van der Waals surface area contributed by atoms with E-state index in [9.17, 15) is 0 Å². The third kappa shape index (κ3) is 3.95. The zero-order valence-corrected chi connectivity index (χ0v) is 10.6. The summed E-state index contributed by atoms with van der Waals surface area (Å²) in [6.45, 7) is 2.74. The Labute approximate surface area is 106 Å². The maximum Gasteiger partial charge on any atom is 0.0451 e. The van der Waals surface area contributed by atoms with Crippen LogP contribution in [-0.2, 0) is 6.54 Å². The van der Waals surface area contributed by atoms with Crippen LogP contribution in [0.5, 0.6) is 0 Å². The van der Waals surface area contributed by atoms with E-state index in [0.717, 1.165) is 41.3 Å². The highest BCUT2D eigenvalue weighted by Crippen LogP contribution is 2.20. The lowest BCUT2D eigenvalue weighted by Crippen LogP contribution is -2.28. The van der Waals surface area contributed by atoms with Crippen LogP contribution in [0.15, 0.2) is 18.2 Å². The van der Waals surface area contributed by atoms with Gasteiger partial charge in [0.25, 0.3) is 0 Å². The van der Waals surface area contributed by atoms with Gasteiger partial charge in [0.1, 0.15) is 0 Å². The Morgan fingerprint density at radius 1 is 1.19 bits per heavy atom. The minimum Gasteiger partial charge on any atom is -0.313 e. The lowest BCUT2D eigenvalue weighted by molar-refractivity contribution is 0.609. The third-order valence-corrected chi connectivity index (χ3v) is 3.24. The molecule has 0 aliphatic heterocycles. The number of rotatable bonds is 6. The van der Waals surface area contributed by atoms with Crippen molar-refractivity contribution in [1.29, 1.82) is 0 Å². The molecule has 0 radical (unpaired) electrons. The van der Waals surface area contributed by atoms with Crippen LogP contribution in [0.1, 0.15) is 18.4 Å². The SMILES string of the molecule is Clc1ccc(Cl)c(CNCCNC2CC2)c1. The van der Waals surface area contributed by atoms with E-state index in [0.29, 0.717) is 0 Å². The van der Waals surface area contributed by atoms with Gasteiger partial charge in [0, 0.05) is 35.7 Å². The molecule has 2 rings (SSSR count). The van der Waals surface area contributed by atoms with E-state index in [1.165, 1.54) is 12.8 Å². The summed E-state index contributed by atoms with van der Waals surface area (Å²) in [4.78, 5) is 0. The van der Waals surface area contributed by atoms with Gasteiger partial charge in [-0.25, -0.2) is 0 Å². The Kier molecular flexibility index (Phi) is 4.47. The number of benzene rings is 1. The first-order valence-corrected chi connectivity index (χ1v) is 6.39. The molecule has 0 unspecified atom stereocenters. The van der Waals surface area contributed by atoms with Crippen LogP contribution in [-0.4, -0.2) is 19.1 Å². The summed E-state index contributed by atoms with van der Waals surface area (Å²) in [5, 5.41) is 8.30. The smallest absolute Gasteiger partial charge is 0.0451 e. The summed E-state index contributed by atoms with van der Waals surface area (Å²) in [5.74, 6) is 0. The van der Waals surface area contributed by atoms with Crippen LogP contribution >= 0.6 is 23.2 Å². The average molecular weight is 259 g/mol. The molecular formula is C12H16Cl2N2. The molecule has 0 spiro atoms. The van der Waals surface area contributed by atoms with Gasteiger partial charge in [-0.1, -0.05) is 23.2 Å². The molecule has 16 heavy (non-hydrogen) atoms. The molecule has 0 aromatic heterocycles. The normalized spacial score (nSPS) is 15.4. The zero-order valence-electron chi connectivity index (χ0n) is 9.10. The molecule has 1 aliphatic rings. The van der Waals surface area contributed by atoms with Gasteiger partial charge in [-0.2, -0.15) is 0 Å². The highest BCUT2D eigenvalue weighted by Gasteiger charge is 2.19. The summed E-state index contributed by atoms with van der Waals surface area (Å²) in [7, 11) is 0. The van der Waals surface area contributed by atoms with Crippen molar-refractivity contribution in [1.82, 2.24) is 10.6 Å². The highest BCUT2D eigenvalue weighted by molar-refractivity contribution is 6.33. The molecule has 1 fully saturated rings. The molecular weight excluding hydrogens is 243 g/mol. The quantitative estimate of drug-likeness (QED) is 0.767. The topological polar surface area (TPSA) is 24.1 Å². The Balaban J connectivity index is 1.69. The molecule has 4 heteroatoms. The van der Waals surface area contributed by atoms with E-state index < -0.39 is 0 Å². The molecule has 0 amide bonds. The van der Waals surface area contributed by atoms with Crippen molar-refractivity contribution >= 4 is 23.2 Å². The Morgan fingerprint density at radius 2 is 2.00 bits per heavy atom. The molecule has 1 aromatic rings. The van der Waals surface area contributed by atoms with Crippen molar-refractivity contribution in [2.24, 2.45) is 0 Å². The van der Waals surface area contributed by atoms with Crippen molar-refractivity contribution in [2.45, 2.75) is 25.4 Å². The fourth-order valence-corrected chi connectivity index (χ4v) is 1.93. The molecule has 2 nitrogen and oxygen atoms in total. The van der Waals surface area contributed by atoms with Crippen LogP contribution in [0, 0.1) is 0 Å². The van der Waals surface area contributed by atoms with Crippen molar-refractivity contribution in [3.05, 3.63) is 33.8 Å². The summed E-state index contributed by atoms with van der Waals surface area (Å²) >= 11 is 12.0. The first-order valence-electron chi connectivity index (χ1n) is 5.64. The van der Waals surface area contributed by atoms with Gasteiger partial charge >= 0.3 is 0 Å². The lowest BCUT2D eigenvalue weighted by Gasteiger charge is -2.07. The summed E-state index contributed by atoms with van der Waals surface area (Å²) in [6, 6.07) is 6.33. The Morgan fingerprint density at radius 3 is 2.75 bits per heavy atom. The number of halogens is 2. The molecule has 88 valence electrons. The standard InChI is InChI=1S/C12H16Cl2N2/c13-10-1-4-12(14)9(7-10)8-15-5-6-16-11-2-3-11/h1,4,7,11,15-16H,2-3,5-6,8H2. The monoisotopic (exact) mass is 258 g/mol. The van der Waals surface area contributed by atoms with Gasteiger partial charge in [-0.15, -0.1) is 0 Å². The van der Waals surface area contributed by atoms with E-state index in [2.05, 4.69) is 10.6 Å². The second kappa shape index (κ2) is 5.87. The van der Waals surface area contributed by atoms with Crippen LogP contribution in [0.2, 0.25) is 10.0 Å². The molecule has 1 saturated carbocycles. The van der Waals surface area contributed by atoms with E-state index in [1.54, 1.807) is 0 Å². The van der Waals surface area contributed by atoms with Crippen LogP contribution < -0.4 is 10.6 Å². The van der Waals surface area contributed by atoms with Crippen LogP contribution in [0.3, 0.4) is 0 Å². The van der Waals surface area contributed by atoms with Crippen molar-refractivity contribution < 1.29 is 0 Å². The first-order chi connectivity index (χ1) is 7.75. The van der Waals surface area contributed by atoms with Crippen molar-refractivity contribution in [2.75, 3.05) is 13.1 Å².